The Hall–Kier alpha value is -0.0800. The lowest BCUT2D eigenvalue weighted by Crippen LogP contribution is -2.44. The monoisotopic (exact) mass is 185 g/mol. The summed E-state index contributed by atoms with van der Waals surface area (Å²) >= 11 is 0. The second kappa shape index (κ2) is 3.97. The summed E-state index contributed by atoms with van der Waals surface area (Å²) in [4.78, 5) is 2.49. The van der Waals surface area contributed by atoms with Crippen LogP contribution in [0.2, 0.25) is 0 Å². The van der Waals surface area contributed by atoms with Gasteiger partial charge in [0.2, 0.25) is 0 Å². The van der Waals surface area contributed by atoms with E-state index in [4.69, 9.17) is 0 Å². The van der Waals surface area contributed by atoms with Crippen molar-refractivity contribution in [1.29, 1.82) is 0 Å². The molecule has 0 aliphatic carbocycles. The second-order valence-corrected chi connectivity index (χ2v) is 5.06. The van der Waals surface area contributed by atoms with Gasteiger partial charge >= 0.3 is 0 Å². The van der Waals surface area contributed by atoms with Crippen molar-refractivity contribution in [2.45, 2.75) is 52.2 Å². The van der Waals surface area contributed by atoms with Gasteiger partial charge in [-0.25, -0.2) is 0 Å². The molecule has 0 saturated carbocycles. The molecule has 0 aromatic carbocycles. The molecule has 2 nitrogen and oxygen atoms in total. The SMILES string of the molecule is CC(C)N1CCC(C(C)(C)O)CC1. The minimum absolute atomic E-state index is 0.483. The fourth-order valence-electron chi connectivity index (χ4n) is 2.12. The maximum Gasteiger partial charge on any atom is 0.0620 e. The molecule has 1 saturated heterocycles. The highest BCUT2D eigenvalue weighted by Gasteiger charge is 2.30. The molecule has 0 unspecified atom stereocenters. The van der Waals surface area contributed by atoms with E-state index >= 15 is 0 Å². The van der Waals surface area contributed by atoms with E-state index in [1.165, 1.54) is 0 Å². The van der Waals surface area contributed by atoms with Gasteiger partial charge in [-0.05, 0) is 59.5 Å². The van der Waals surface area contributed by atoms with Crippen molar-refractivity contribution in [2.75, 3.05) is 13.1 Å². The molecule has 0 aromatic heterocycles. The van der Waals surface area contributed by atoms with Crippen LogP contribution in [0.1, 0.15) is 40.5 Å². The molecule has 13 heavy (non-hydrogen) atoms. The van der Waals surface area contributed by atoms with Crippen molar-refractivity contribution in [2.24, 2.45) is 5.92 Å². The van der Waals surface area contributed by atoms with Gasteiger partial charge in [0.25, 0.3) is 0 Å². The van der Waals surface area contributed by atoms with Crippen molar-refractivity contribution >= 4 is 0 Å². The zero-order valence-corrected chi connectivity index (χ0v) is 9.38. The first kappa shape index (κ1) is 11.0. The Morgan fingerprint density at radius 1 is 1.23 bits per heavy atom. The molecule has 0 spiro atoms. The van der Waals surface area contributed by atoms with Crippen LogP contribution in [0.5, 0.6) is 0 Å². The number of likely N-dealkylation sites (tertiary alicyclic amines) is 1. The lowest BCUT2D eigenvalue weighted by molar-refractivity contribution is -0.0166. The van der Waals surface area contributed by atoms with Crippen molar-refractivity contribution in [1.82, 2.24) is 4.90 Å². The highest BCUT2D eigenvalue weighted by Crippen LogP contribution is 2.28. The fraction of sp³-hybridized carbons (Fsp3) is 1.00. The lowest BCUT2D eigenvalue weighted by Gasteiger charge is -2.39. The van der Waals surface area contributed by atoms with Crippen LogP contribution in [-0.2, 0) is 0 Å². The summed E-state index contributed by atoms with van der Waals surface area (Å²) in [5, 5.41) is 9.85. The van der Waals surface area contributed by atoms with E-state index in [1.54, 1.807) is 0 Å². The van der Waals surface area contributed by atoms with E-state index in [1.807, 2.05) is 13.8 Å². The third kappa shape index (κ3) is 2.96. The predicted octanol–water partition coefficient (Wildman–Crippen LogP) is 1.88. The van der Waals surface area contributed by atoms with Gasteiger partial charge in [0.1, 0.15) is 0 Å². The summed E-state index contributed by atoms with van der Waals surface area (Å²) < 4.78 is 0. The number of piperidine rings is 1. The molecule has 0 atom stereocenters. The summed E-state index contributed by atoms with van der Waals surface area (Å²) in [5.74, 6) is 0.488. The van der Waals surface area contributed by atoms with Gasteiger partial charge in [-0.2, -0.15) is 0 Å². The Morgan fingerprint density at radius 3 is 2.00 bits per heavy atom. The molecule has 2 heteroatoms. The zero-order chi connectivity index (χ0) is 10.1. The molecule has 0 amide bonds. The summed E-state index contributed by atoms with van der Waals surface area (Å²) in [5.41, 5.74) is -0.483. The number of aliphatic hydroxyl groups is 1. The van der Waals surface area contributed by atoms with E-state index in [2.05, 4.69) is 18.7 Å². The number of rotatable bonds is 2. The number of hydrogen-bond acceptors (Lipinski definition) is 2. The summed E-state index contributed by atoms with van der Waals surface area (Å²) in [6, 6.07) is 0.655. The smallest absolute Gasteiger partial charge is 0.0620 e. The Labute approximate surface area is 81.9 Å². The standard InChI is InChI=1S/C11H23NO/c1-9(2)12-7-5-10(6-8-12)11(3,4)13/h9-10,13H,5-8H2,1-4H3. The third-order valence-electron chi connectivity index (χ3n) is 3.26. The molecule has 1 fully saturated rings. The molecule has 1 rings (SSSR count). The van der Waals surface area contributed by atoms with Gasteiger partial charge in [0, 0.05) is 6.04 Å². The first-order valence-corrected chi connectivity index (χ1v) is 5.37. The van der Waals surface area contributed by atoms with Crippen LogP contribution in [-0.4, -0.2) is 34.7 Å². The van der Waals surface area contributed by atoms with Crippen LogP contribution in [0.3, 0.4) is 0 Å². The van der Waals surface area contributed by atoms with Crippen LogP contribution in [0.15, 0.2) is 0 Å². The van der Waals surface area contributed by atoms with Crippen LogP contribution in [0.25, 0.3) is 0 Å². The summed E-state index contributed by atoms with van der Waals surface area (Å²) in [6.45, 7) is 10.6. The maximum absolute atomic E-state index is 9.85. The van der Waals surface area contributed by atoms with Crippen molar-refractivity contribution in [3.05, 3.63) is 0 Å². The highest BCUT2D eigenvalue weighted by molar-refractivity contribution is 4.83. The first-order chi connectivity index (χ1) is 5.91. The van der Waals surface area contributed by atoms with Gasteiger partial charge in [0.15, 0.2) is 0 Å². The normalized spacial score (nSPS) is 22.6. The predicted molar refractivity (Wildman–Crippen MR) is 55.7 cm³/mol. The van der Waals surface area contributed by atoms with Gasteiger partial charge in [0.05, 0.1) is 5.60 Å². The van der Waals surface area contributed by atoms with E-state index in [0.717, 1.165) is 25.9 Å². The molecular formula is C11H23NO. The second-order valence-electron chi connectivity index (χ2n) is 5.06. The lowest BCUT2D eigenvalue weighted by atomic mass is 9.83. The molecule has 1 heterocycles. The zero-order valence-electron chi connectivity index (χ0n) is 9.38. The largest absolute Gasteiger partial charge is 0.390 e. The summed E-state index contributed by atoms with van der Waals surface area (Å²) in [6.07, 6.45) is 2.28. The van der Waals surface area contributed by atoms with Crippen LogP contribution >= 0.6 is 0 Å². The average molecular weight is 185 g/mol. The van der Waals surface area contributed by atoms with Crippen LogP contribution in [0.4, 0.5) is 0 Å². The molecular weight excluding hydrogens is 162 g/mol. The molecule has 78 valence electrons. The van der Waals surface area contributed by atoms with Gasteiger partial charge in [-0.3, -0.25) is 0 Å². The molecule has 0 bridgehead atoms. The molecule has 0 radical (unpaired) electrons. The maximum atomic E-state index is 9.85. The number of hydrogen-bond donors (Lipinski definition) is 1. The minimum Gasteiger partial charge on any atom is -0.390 e. The van der Waals surface area contributed by atoms with Crippen LogP contribution < -0.4 is 0 Å². The Bertz CT molecular complexity index is 152. The van der Waals surface area contributed by atoms with Gasteiger partial charge < -0.3 is 10.0 Å². The van der Waals surface area contributed by atoms with E-state index in [-0.39, 0.29) is 0 Å². The van der Waals surface area contributed by atoms with Gasteiger partial charge in [-0.15, -0.1) is 0 Å². The highest BCUT2D eigenvalue weighted by atomic mass is 16.3. The number of nitrogens with zero attached hydrogens (tertiary/aromatic N) is 1. The van der Waals surface area contributed by atoms with Crippen molar-refractivity contribution in [3.8, 4) is 0 Å². The van der Waals surface area contributed by atoms with E-state index < -0.39 is 5.60 Å². The molecule has 0 aromatic rings. The Morgan fingerprint density at radius 2 is 1.69 bits per heavy atom. The van der Waals surface area contributed by atoms with Crippen molar-refractivity contribution in [3.63, 3.8) is 0 Å². The average Bonchev–Trinajstić information content (AvgIpc) is 2.03. The topological polar surface area (TPSA) is 23.5 Å². The minimum atomic E-state index is -0.483. The quantitative estimate of drug-likeness (QED) is 0.710. The molecule has 1 N–H and O–H groups in total. The Balaban J connectivity index is 2.39. The van der Waals surface area contributed by atoms with E-state index in [9.17, 15) is 5.11 Å². The van der Waals surface area contributed by atoms with E-state index in [0.29, 0.717) is 12.0 Å². The molecule has 1 aliphatic rings. The summed E-state index contributed by atoms with van der Waals surface area (Å²) in [7, 11) is 0. The Kier molecular flexibility index (Phi) is 3.36. The fourth-order valence-corrected chi connectivity index (χ4v) is 2.12. The van der Waals surface area contributed by atoms with Crippen LogP contribution in [0, 0.1) is 5.92 Å². The first-order valence-electron chi connectivity index (χ1n) is 5.37. The molecule has 1 aliphatic heterocycles. The van der Waals surface area contributed by atoms with Gasteiger partial charge in [-0.1, -0.05) is 0 Å². The third-order valence-corrected chi connectivity index (χ3v) is 3.26. The van der Waals surface area contributed by atoms with Crippen molar-refractivity contribution < 1.29 is 5.11 Å².